The largest absolute Gasteiger partial charge is 0.354 e. The van der Waals surface area contributed by atoms with Gasteiger partial charge in [-0.05, 0) is 12.2 Å². The number of nitrogens with zero attached hydrogens (tertiary/aromatic N) is 2. The number of thiazole rings is 1. The number of allylic oxidation sites excluding steroid dienone is 1. The van der Waals surface area contributed by atoms with Gasteiger partial charge in [-0.15, -0.1) is 0 Å². The Hall–Kier alpha value is -1.16. The first-order valence-corrected chi connectivity index (χ1v) is 4.30. The Labute approximate surface area is 75.3 Å². The van der Waals surface area contributed by atoms with Crippen LogP contribution in [0.15, 0.2) is 12.3 Å². The minimum Gasteiger partial charge on any atom is -0.354 e. The molecule has 1 aromatic rings. The van der Waals surface area contributed by atoms with Crippen molar-refractivity contribution >= 4 is 28.8 Å². The molecule has 64 valence electrons. The number of carbonyl (C=O) groups excluding carboxylic acids is 1. The minimum absolute atomic E-state index is 0.759. The lowest BCUT2D eigenvalue weighted by atomic mass is 10.5. The molecule has 0 spiro atoms. The maximum atomic E-state index is 10.0. The molecule has 0 aromatic carbocycles. The van der Waals surface area contributed by atoms with Crippen LogP contribution in [0, 0.1) is 0 Å². The van der Waals surface area contributed by atoms with Gasteiger partial charge in [-0.2, -0.15) is 0 Å². The van der Waals surface area contributed by atoms with E-state index in [9.17, 15) is 4.79 Å². The summed E-state index contributed by atoms with van der Waals surface area (Å²) in [5, 5.41) is 0.945. The maximum Gasteiger partial charge on any atom is 0.185 e. The molecule has 0 bridgehead atoms. The van der Waals surface area contributed by atoms with Crippen LogP contribution in [0.3, 0.4) is 0 Å². The lowest BCUT2D eigenvalue weighted by Gasteiger charge is -2.04. The third-order valence-corrected chi connectivity index (χ3v) is 2.36. The molecular formula is C8H10N2OS. The summed E-state index contributed by atoms with van der Waals surface area (Å²) in [5.41, 5.74) is 0. The van der Waals surface area contributed by atoms with Gasteiger partial charge in [0.15, 0.2) is 5.13 Å². The summed E-state index contributed by atoms with van der Waals surface area (Å²) in [4.78, 5) is 17.1. The van der Waals surface area contributed by atoms with Crippen LogP contribution in [-0.2, 0) is 4.79 Å². The average Bonchev–Trinajstić information content (AvgIpc) is 2.48. The molecule has 0 fully saturated rings. The monoisotopic (exact) mass is 182 g/mol. The zero-order valence-electron chi connectivity index (χ0n) is 7.02. The van der Waals surface area contributed by atoms with Crippen molar-refractivity contribution in [3.63, 3.8) is 0 Å². The van der Waals surface area contributed by atoms with Crippen molar-refractivity contribution in [2.75, 3.05) is 19.0 Å². The van der Waals surface area contributed by atoms with E-state index in [2.05, 4.69) is 4.98 Å². The molecule has 0 saturated heterocycles. The number of anilines is 1. The van der Waals surface area contributed by atoms with Crippen LogP contribution in [0.5, 0.6) is 0 Å². The van der Waals surface area contributed by atoms with Gasteiger partial charge in [0, 0.05) is 25.2 Å². The number of aromatic nitrogens is 1. The fraction of sp³-hybridized carbons (Fsp3) is 0.250. The number of hydrogen-bond acceptors (Lipinski definition) is 4. The molecular weight excluding hydrogens is 172 g/mol. The zero-order valence-corrected chi connectivity index (χ0v) is 7.84. The smallest absolute Gasteiger partial charge is 0.185 e. The van der Waals surface area contributed by atoms with Gasteiger partial charge in [0.05, 0.1) is 0 Å². The van der Waals surface area contributed by atoms with E-state index in [1.165, 1.54) is 6.08 Å². The normalized spacial score (nSPS) is 10.5. The summed E-state index contributed by atoms with van der Waals surface area (Å²) in [6, 6.07) is 0. The highest BCUT2D eigenvalue weighted by molar-refractivity contribution is 7.16. The van der Waals surface area contributed by atoms with E-state index in [4.69, 9.17) is 0 Å². The van der Waals surface area contributed by atoms with Crippen LogP contribution in [0.2, 0.25) is 0 Å². The molecule has 3 nitrogen and oxygen atoms in total. The first-order valence-electron chi connectivity index (χ1n) is 3.49. The molecule has 0 aliphatic rings. The quantitative estimate of drug-likeness (QED) is 0.523. The third-order valence-electron chi connectivity index (χ3n) is 1.23. The molecule has 0 unspecified atom stereocenters. The van der Waals surface area contributed by atoms with Crippen molar-refractivity contribution in [1.82, 2.24) is 4.98 Å². The maximum absolute atomic E-state index is 10.0. The van der Waals surface area contributed by atoms with Crippen LogP contribution in [0.25, 0.3) is 6.08 Å². The molecule has 0 aliphatic carbocycles. The van der Waals surface area contributed by atoms with E-state index in [-0.39, 0.29) is 0 Å². The summed E-state index contributed by atoms with van der Waals surface area (Å²) >= 11 is 1.55. The van der Waals surface area contributed by atoms with Crippen molar-refractivity contribution in [1.29, 1.82) is 0 Å². The van der Waals surface area contributed by atoms with Crippen molar-refractivity contribution < 1.29 is 4.79 Å². The van der Waals surface area contributed by atoms with Crippen LogP contribution in [0.4, 0.5) is 5.13 Å². The fourth-order valence-corrected chi connectivity index (χ4v) is 1.45. The van der Waals surface area contributed by atoms with Crippen molar-refractivity contribution in [3.8, 4) is 0 Å². The van der Waals surface area contributed by atoms with Gasteiger partial charge < -0.3 is 4.90 Å². The Bertz CT molecular complexity index is 291. The molecule has 1 heterocycles. The molecule has 1 aromatic heterocycles. The molecule has 0 N–H and O–H groups in total. The Balaban J connectivity index is 2.77. The molecule has 0 aliphatic heterocycles. The SMILES string of the molecule is CN(C)c1ncc(/C=C/C=O)s1. The minimum atomic E-state index is 0.759. The second-order valence-electron chi connectivity index (χ2n) is 2.43. The molecule has 0 atom stereocenters. The highest BCUT2D eigenvalue weighted by Crippen LogP contribution is 2.20. The standard InChI is InChI=1S/C8H10N2OS/c1-10(2)8-9-6-7(12-8)4-3-5-11/h3-6H,1-2H3/b4-3+. The second-order valence-corrected chi connectivity index (χ2v) is 3.48. The van der Waals surface area contributed by atoms with Crippen molar-refractivity contribution in [2.24, 2.45) is 0 Å². The van der Waals surface area contributed by atoms with Gasteiger partial charge in [0.2, 0.25) is 0 Å². The molecule has 4 heteroatoms. The Morgan fingerprint density at radius 1 is 1.58 bits per heavy atom. The number of hydrogen-bond donors (Lipinski definition) is 0. The van der Waals surface area contributed by atoms with Crippen LogP contribution in [-0.4, -0.2) is 25.4 Å². The van der Waals surface area contributed by atoms with Crippen molar-refractivity contribution in [2.45, 2.75) is 0 Å². The van der Waals surface area contributed by atoms with Gasteiger partial charge in [-0.3, -0.25) is 4.79 Å². The summed E-state index contributed by atoms with van der Waals surface area (Å²) in [6.07, 6.45) is 5.72. The molecule has 0 saturated carbocycles. The van der Waals surface area contributed by atoms with Crippen LogP contribution in [0.1, 0.15) is 4.88 Å². The van der Waals surface area contributed by atoms with Gasteiger partial charge in [0.25, 0.3) is 0 Å². The number of aldehydes is 1. The Kier molecular flexibility index (Phi) is 2.99. The van der Waals surface area contributed by atoms with Gasteiger partial charge in [-0.25, -0.2) is 4.98 Å². The Morgan fingerprint density at radius 3 is 2.83 bits per heavy atom. The van der Waals surface area contributed by atoms with E-state index < -0.39 is 0 Å². The lowest BCUT2D eigenvalue weighted by molar-refractivity contribution is -0.104. The molecule has 12 heavy (non-hydrogen) atoms. The summed E-state index contributed by atoms with van der Waals surface area (Å²) < 4.78 is 0. The lowest BCUT2D eigenvalue weighted by Crippen LogP contribution is -2.07. The van der Waals surface area contributed by atoms with Gasteiger partial charge >= 0.3 is 0 Å². The first-order chi connectivity index (χ1) is 5.74. The van der Waals surface area contributed by atoms with Crippen LogP contribution < -0.4 is 4.90 Å². The van der Waals surface area contributed by atoms with E-state index in [1.807, 2.05) is 19.0 Å². The molecule has 0 amide bonds. The highest BCUT2D eigenvalue weighted by atomic mass is 32.1. The molecule has 1 rings (SSSR count). The van der Waals surface area contributed by atoms with E-state index in [1.54, 1.807) is 23.6 Å². The highest BCUT2D eigenvalue weighted by Gasteiger charge is 1.99. The fourth-order valence-electron chi connectivity index (χ4n) is 0.695. The summed E-state index contributed by atoms with van der Waals surface area (Å²) in [5.74, 6) is 0. The van der Waals surface area contributed by atoms with E-state index in [0.717, 1.165) is 16.3 Å². The van der Waals surface area contributed by atoms with Gasteiger partial charge in [-0.1, -0.05) is 11.3 Å². The van der Waals surface area contributed by atoms with Crippen molar-refractivity contribution in [3.05, 3.63) is 17.2 Å². The number of carbonyl (C=O) groups is 1. The first kappa shape index (κ1) is 8.93. The average molecular weight is 182 g/mol. The third kappa shape index (κ3) is 2.17. The Morgan fingerprint density at radius 2 is 2.33 bits per heavy atom. The van der Waals surface area contributed by atoms with E-state index in [0.29, 0.717) is 0 Å². The predicted octanol–water partition coefficient (Wildman–Crippen LogP) is 1.42. The summed E-state index contributed by atoms with van der Waals surface area (Å²) in [7, 11) is 3.87. The van der Waals surface area contributed by atoms with Gasteiger partial charge in [0.1, 0.15) is 6.29 Å². The number of rotatable bonds is 3. The van der Waals surface area contributed by atoms with Crippen LogP contribution >= 0.6 is 11.3 Å². The summed E-state index contributed by atoms with van der Waals surface area (Å²) in [6.45, 7) is 0. The topological polar surface area (TPSA) is 33.2 Å². The zero-order chi connectivity index (χ0) is 8.97. The van der Waals surface area contributed by atoms with E-state index >= 15 is 0 Å². The second kappa shape index (κ2) is 4.01. The molecule has 0 radical (unpaired) electrons. The predicted molar refractivity (Wildman–Crippen MR) is 51.5 cm³/mol.